The van der Waals surface area contributed by atoms with E-state index in [4.69, 9.17) is 5.11 Å². The van der Waals surface area contributed by atoms with Crippen LogP contribution in [0.4, 0.5) is 0 Å². The lowest BCUT2D eigenvalue weighted by Crippen LogP contribution is -2.23. The lowest BCUT2D eigenvalue weighted by molar-refractivity contribution is -0.137. The van der Waals surface area contributed by atoms with Gasteiger partial charge in [0.1, 0.15) is 0 Å². The van der Waals surface area contributed by atoms with E-state index in [1.54, 1.807) is 17.4 Å². The van der Waals surface area contributed by atoms with Crippen molar-refractivity contribution in [2.24, 2.45) is 11.8 Å². The van der Waals surface area contributed by atoms with E-state index >= 15 is 0 Å². The van der Waals surface area contributed by atoms with Gasteiger partial charge in [-0.15, -0.1) is 11.3 Å². The molecule has 6 heteroatoms. The molecule has 2 unspecified atom stereocenters. The van der Waals surface area contributed by atoms with E-state index in [9.17, 15) is 20.1 Å². The van der Waals surface area contributed by atoms with Crippen LogP contribution in [0.2, 0.25) is 0 Å². The van der Waals surface area contributed by atoms with E-state index in [2.05, 4.69) is 18.2 Å². The zero-order valence-corrected chi connectivity index (χ0v) is 18.5. The number of benzene rings is 1. The number of carboxylic acid groups (broad SMARTS) is 1. The molecule has 1 aromatic carbocycles. The molecular formula is C25H32O5S. The van der Waals surface area contributed by atoms with Crippen LogP contribution in [0.1, 0.15) is 49.8 Å². The number of carboxylic acids is 1. The Bertz CT molecular complexity index is 883. The van der Waals surface area contributed by atoms with Crippen LogP contribution in [-0.4, -0.2) is 38.6 Å². The Kier molecular flexibility index (Phi) is 8.69. The first-order valence-electron chi connectivity index (χ1n) is 11.0. The van der Waals surface area contributed by atoms with Gasteiger partial charge in [-0.1, -0.05) is 30.4 Å². The molecule has 1 saturated carbocycles. The van der Waals surface area contributed by atoms with Crippen molar-refractivity contribution < 1.29 is 25.2 Å². The molecule has 1 aromatic heterocycles. The molecule has 0 amide bonds. The summed E-state index contributed by atoms with van der Waals surface area (Å²) in [5, 5.41) is 41.3. The van der Waals surface area contributed by atoms with Crippen molar-refractivity contribution in [1.29, 1.82) is 0 Å². The predicted octanol–water partition coefficient (Wildman–Crippen LogP) is 5.23. The van der Waals surface area contributed by atoms with E-state index in [0.29, 0.717) is 19.3 Å². The second-order valence-electron chi connectivity index (χ2n) is 8.32. The molecule has 3 rings (SSSR count). The van der Waals surface area contributed by atoms with Crippen molar-refractivity contribution in [2.45, 2.75) is 63.6 Å². The van der Waals surface area contributed by atoms with E-state index < -0.39 is 24.1 Å². The standard InChI is InChI=1S/C25H32O5S/c26-20(12-7-6-10-18-15-17-9-5-8-13-23(17)31-18)25-19(21(27)16-22(25)28)11-3-1-2-4-14-24(29)30/h1,3,5,8-9,12-13,15,19,21-22,25-28H,2,4,6-7,10-11,14,16H2,(H,29,30)/b3-1-,20-12+/t19?,21-,22+,25?/m0/s1. The highest BCUT2D eigenvalue weighted by Crippen LogP contribution is 2.39. The Morgan fingerprint density at radius 1 is 1.06 bits per heavy atom. The monoisotopic (exact) mass is 444 g/mol. The molecule has 0 saturated heterocycles. The number of rotatable bonds is 11. The van der Waals surface area contributed by atoms with Crippen molar-refractivity contribution in [1.82, 2.24) is 0 Å². The molecule has 0 bridgehead atoms. The van der Waals surface area contributed by atoms with Crippen molar-refractivity contribution in [3.05, 3.63) is 59.2 Å². The predicted molar refractivity (Wildman–Crippen MR) is 124 cm³/mol. The first-order valence-corrected chi connectivity index (χ1v) is 11.9. The average Bonchev–Trinajstić information content (AvgIpc) is 3.27. The molecule has 31 heavy (non-hydrogen) atoms. The van der Waals surface area contributed by atoms with Gasteiger partial charge in [0.05, 0.1) is 18.0 Å². The molecule has 0 aliphatic heterocycles. The quantitative estimate of drug-likeness (QED) is 0.216. The van der Waals surface area contributed by atoms with Gasteiger partial charge >= 0.3 is 5.97 Å². The van der Waals surface area contributed by atoms with Crippen molar-refractivity contribution >= 4 is 27.4 Å². The summed E-state index contributed by atoms with van der Waals surface area (Å²) >= 11 is 1.80. The van der Waals surface area contributed by atoms with Crippen LogP contribution in [0.5, 0.6) is 0 Å². The zero-order valence-electron chi connectivity index (χ0n) is 17.7. The fourth-order valence-corrected chi connectivity index (χ4v) is 5.48. The second kappa shape index (κ2) is 11.5. The normalized spacial score (nSPS) is 24.4. The van der Waals surface area contributed by atoms with E-state index in [1.807, 2.05) is 24.3 Å². The fraction of sp³-hybridized carbons (Fsp3) is 0.480. The highest BCUT2D eigenvalue weighted by atomic mass is 32.1. The number of hydrogen-bond donors (Lipinski definition) is 4. The molecule has 1 aliphatic carbocycles. The van der Waals surface area contributed by atoms with E-state index in [1.165, 1.54) is 15.0 Å². The summed E-state index contributed by atoms with van der Waals surface area (Å²) in [7, 11) is 0. The highest BCUT2D eigenvalue weighted by molar-refractivity contribution is 7.19. The Labute approximate surface area is 187 Å². The van der Waals surface area contributed by atoms with Gasteiger partial charge in [-0.05, 0) is 62.1 Å². The number of fused-ring (bicyclic) bond motifs is 1. The molecule has 4 N–H and O–H groups in total. The Balaban J connectivity index is 1.49. The van der Waals surface area contributed by atoms with Crippen LogP contribution < -0.4 is 0 Å². The Morgan fingerprint density at radius 2 is 1.87 bits per heavy atom. The number of aryl methyl sites for hydroxylation is 1. The number of aliphatic carboxylic acids is 1. The van der Waals surface area contributed by atoms with Gasteiger partial charge in [0.2, 0.25) is 0 Å². The molecule has 168 valence electrons. The van der Waals surface area contributed by atoms with Gasteiger partial charge in [0, 0.05) is 34.3 Å². The third-order valence-corrected chi connectivity index (χ3v) is 7.16. The Morgan fingerprint density at radius 3 is 2.65 bits per heavy atom. The third kappa shape index (κ3) is 6.66. The van der Waals surface area contributed by atoms with Crippen molar-refractivity contribution in [3.63, 3.8) is 0 Å². The number of aliphatic hydroxyl groups is 3. The summed E-state index contributed by atoms with van der Waals surface area (Å²) < 4.78 is 1.29. The number of thiophene rings is 1. The summed E-state index contributed by atoms with van der Waals surface area (Å²) in [5.41, 5.74) is 0. The average molecular weight is 445 g/mol. The molecule has 0 radical (unpaired) electrons. The van der Waals surface area contributed by atoms with Crippen molar-refractivity contribution in [3.8, 4) is 0 Å². The highest BCUT2D eigenvalue weighted by Gasteiger charge is 2.43. The van der Waals surface area contributed by atoms with E-state index in [-0.39, 0.29) is 24.5 Å². The van der Waals surface area contributed by atoms with Gasteiger partial charge in [-0.3, -0.25) is 4.79 Å². The number of allylic oxidation sites excluding steroid dienone is 3. The molecule has 2 aromatic rings. The molecule has 0 spiro atoms. The van der Waals surface area contributed by atoms with Crippen LogP contribution in [-0.2, 0) is 11.2 Å². The Hall–Kier alpha value is -2.15. The molecule has 1 heterocycles. The van der Waals surface area contributed by atoms with Crippen LogP contribution in [0.25, 0.3) is 10.1 Å². The lowest BCUT2D eigenvalue weighted by atomic mass is 9.88. The first kappa shape index (κ1) is 23.5. The van der Waals surface area contributed by atoms with Gasteiger partial charge in [-0.2, -0.15) is 0 Å². The summed E-state index contributed by atoms with van der Waals surface area (Å²) in [6.45, 7) is 0. The topological polar surface area (TPSA) is 98.0 Å². The first-order chi connectivity index (χ1) is 15.0. The number of unbranched alkanes of at least 4 members (excludes halogenated alkanes) is 2. The summed E-state index contributed by atoms with van der Waals surface area (Å²) in [4.78, 5) is 11.9. The summed E-state index contributed by atoms with van der Waals surface area (Å²) in [5.74, 6) is -1.32. The molecular weight excluding hydrogens is 412 g/mol. The molecule has 4 atom stereocenters. The van der Waals surface area contributed by atoms with Crippen LogP contribution in [0.3, 0.4) is 0 Å². The minimum atomic E-state index is -0.801. The SMILES string of the molecule is O=C(O)CCC/C=C\CC1C(/C(O)=C\CCCc2cc3ccccc3s2)[C@H](O)C[C@@H]1O. The molecule has 1 aliphatic rings. The minimum Gasteiger partial charge on any atom is -0.512 e. The maximum atomic E-state index is 10.6. The minimum absolute atomic E-state index is 0.142. The summed E-state index contributed by atoms with van der Waals surface area (Å²) in [6.07, 6.45) is 9.02. The maximum Gasteiger partial charge on any atom is 0.303 e. The molecule has 1 fully saturated rings. The third-order valence-electron chi connectivity index (χ3n) is 5.99. The summed E-state index contributed by atoms with van der Waals surface area (Å²) in [6, 6.07) is 10.6. The van der Waals surface area contributed by atoms with Crippen LogP contribution in [0, 0.1) is 11.8 Å². The van der Waals surface area contributed by atoms with Gasteiger partial charge in [-0.25, -0.2) is 0 Å². The van der Waals surface area contributed by atoms with Crippen LogP contribution in [0.15, 0.2) is 54.3 Å². The second-order valence-corrected chi connectivity index (χ2v) is 9.49. The van der Waals surface area contributed by atoms with Gasteiger partial charge < -0.3 is 20.4 Å². The van der Waals surface area contributed by atoms with Gasteiger partial charge in [0.25, 0.3) is 0 Å². The number of aliphatic hydroxyl groups excluding tert-OH is 3. The lowest BCUT2D eigenvalue weighted by Gasteiger charge is -2.22. The maximum absolute atomic E-state index is 10.6. The van der Waals surface area contributed by atoms with Crippen LogP contribution >= 0.6 is 11.3 Å². The molecule has 5 nitrogen and oxygen atoms in total. The van der Waals surface area contributed by atoms with Crippen molar-refractivity contribution in [2.75, 3.05) is 0 Å². The largest absolute Gasteiger partial charge is 0.512 e. The zero-order chi connectivity index (χ0) is 22.2. The number of carbonyl (C=O) groups is 1. The van der Waals surface area contributed by atoms with E-state index in [0.717, 1.165) is 19.3 Å². The fourth-order valence-electron chi connectivity index (χ4n) is 4.38. The number of hydrogen-bond acceptors (Lipinski definition) is 5. The van der Waals surface area contributed by atoms with Gasteiger partial charge in [0.15, 0.2) is 0 Å². The smallest absolute Gasteiger partial charge is 0.303 e.